The van der Waals surface area contributed by atoms with E-state index >= 15 is 0 Å². The van der Waals surface area contributed by atoms with Crippen molar-refractivity contribution in [3.8, 4) is 11.3 Å². The Morgan fingerprint density at radius 3 is 2.94 bits per heavy atom. The first-order valence-electron chi connectivity index (χ1n) is 6.52. The predicted molar refractivity (Wildman–Crippen MR) is 69.1 cm³/mol. The molecule has 0 amide bonds. The average Bonchev–Trinajstić information content (AvgIpc) is 2.92. The molecule has 4 rings (SSSR count). The molecule has 2 aromatic rings. The van der Waals surface area contributed by atoms with Crippen LogP contribution in [0.4, 0.5) is 0 Å². The fourth-order valence-corrected chi connectivity index (χ4v) is 3.51. The minimum atomic E-state index is -0.538. The van der Waals surface area contributed by atoms with Gasteiger partial charge in [0.1, 0.15) is 0 Å². The molecule has 1 aromatic heterocycles. The van der Waals surface area contributed by atoms with Crippen molar-refractivity contribution >= 4 is 0 Å². The molecule has 0 radical (unpaired) electrons. The molecule has 2 aliphatic rings. The highest BCUT2D eigenvalue weighted by atomic mass is 16.3. The van der Waals surface area contributed by atoms with Gasteiger partial charge in [-0.05, 0) is 25.3 Å². The zero-order chi connectivity index (χ0) is 12.3. The highest BCUT2D eigenvalue weighted by Gasteiger charge is 2.49. The summed E-state index contributed by atoms with van der Waals surface area (Å²) in [5, 5.41) is 10.4. The van der Waals surface area contributed by atoms with E-state index in [1.807, 2.05) is 19.4 Å². The molecular weight excluding hydrogens is 224 g/mol. The molecular formula is C15H16N2O. The number of imidazole rings is 1. The minimum absolute atomic E-state index is 0.252. The number of hydrogen-bond donors (Lipinski definition) is 1. The van der Waals surface area contributed by atoms with Gasteiger partial charge in [-0.3, -0.25) is 0 Å². The minimum Gasteiger partial charge on any atom is -0.390 e. The first-order valence-corrected chi connectivity index (χ1v) is 6.52. The second-order valence-corrected chi connectivity index (χ2v) is 5.72. The number of benzene rings is 1. The molecule has 92 valence electrons. The van der Waals surface area contributed by atoms with E-state index in [2.05, 4.69) is 33.8 Å². The normalized spacial score (nSPS) is 32.8. The van der Waals surface area contributed by atoms with Gasteiger partial charge < -0.3 is 9.67 Å². The van der Waals surface area contributed by atoms with Gasteiger partial charge in [-0.1, -0.05) is 24.3 Å². The summed E-state index contributed by atoms with van der Waals surface area (Å²) in [6.07, 6.45) is 5.81. The lowest BCUT2D eigenvalue weighted by Crippen LogP contribution is -2.48. The SMILES string of the molecule is C[C@@]1(O)CC[C@@H]1C1c2ccccc2-c2cncn21. The maximum absolute atomic E-state index is 10.4. The molecule has 2 heterocycles. The van der Waals surface area contributed by atoms with Crippen molar-refractivity contribution in [2.75, 3.05) is 0 Å². The molecule has 0 bridgehead atoms. The molecule has 0 spiro atoms. The van der Waals surface area contributed by atoms with Gasteiger partial charge in [-0.25, -0.2) is 4.98 Å². The Morgan fingerprint density at radius 1 is 1.39 bits per heavy atom. The Labute approximate surface area is 106 Å². The Kier molecular flexibility index (Phi) is 1.86. The maximum atomic E-state index is 10.4. The van der Waals surface area contributed by atoms with E-state index in [0.717, 1.165) is 12.8 Å². The van der Waals surface area contributed by atoms with Crippen LogP contribution in [0.2, 0.25) is 0 Å². The van der Waals surface area contributed by atoms with E-state index in [1.54, 1.807) is 0 Å². The molecule has 1 saturated carbocycles. The van der Waals surface area contributed by atoms with Crippen molar-refractivity contribution in [1.29, 1.82) is 0 Å². The standard InChI is InChI=1S/C15H16N2O/c1-15(18)7-6-12(15)14-11-5-3-2-4-10(11)13-8-16-9-17(13)14/h2-5,8-9,12,14,18H,6-7H2,1H3/t12-,14?,15-/m1/s1. The van der Waals surface area contributed by atoms with Crippen LogP contribution in [-0.2, 0) is 0 Å². The van der Waals surface area contributed by atoms with Gasteiger partial charge in [0.2, 0.25) is 0 Å². The summed E-state index contributed by atoms with van der Waals surface area (Å²) in [7, 11) is 0. The largest absolute Gasteiger partial charge is 0.390 e. The van der Waals surface area contributed by atoms with Crippen LogP contribution in [0.1, 0.15) is 31.4 Å². The molecule has 1 aliphatic heterocycles. The lowest BCUT2D eigenvalue weighted by atomic mass is 9.65. The molecule has 1 unspecified atom stereocenters. The molecule has 3 heteroatoms. The molecule has 3 atom stereocenters. The lowest BCUT2D eigenvalue weighted by Gasteiger charge is -2.46. The number of nitrogens with zero attached hydrogens (tertiary/aromatic N) is 2. The zero-order valence-corrected chi connectivity index (χ0v) is 10.4. The van der Waals surface area contributed by atoms with Crippen LogP contribution in [0, 0.1) is 5.92 Å². The average molecular weight is 240 g/mol. The second-order valence-electron chi connectivity index (χ2n) is 5.72. The number of rotatable bonds is 1. The van der Waals surface area contributed by atoms with Gasteiger partial charge in [0, 0.05) is 11.5 Å². The summed E-state index contributed by atoms with van der Waals surface area (Å²) in [6.45, 7) is 1.96. The quantitative estimate of drug-likeness (QED) is 0.832. The summed E-state index contributed by atoms with van der Waals surface area (Å²) >= 11 is 0. The summed E-state index contributed by atoms with van der Waals surface area (Å²) in [5.74, 6) is 0.300. The number of fused-ring (bicyclic) bond motifs is 3. The third-order valence-corrected chi connectivity index (χ3v) is 4.66. The number of hydrogen-bond acceptors (Lipinski definition) is 2. The maximum Gasteiger partial charge on any atom is 0.0956 e. The van der Waals surface area contributed by atoms with Crippen LogP contribution in [0.25, 0.3) is 11.3 Å². The molecule has 1 N–H and O–H groups in total. The van der Waals surface area contributed by atoms with Crippen LogP contribution in [0.15, 0.2) is 36.8 Å². The van der Waals surface area contributed by atoms with E-state index in [1.165, 1.54) is 16.8 Å². The van der Waals surface area contributed by atoms with Crippen LogP contribution < -0.4 is 0 Å². The van der Waals surface area contributed by atoms with E-state index < -0.39 is 5.60 Å². The highest BCUT2D eigenvalue weighted by Crippen LogP contribution is 2.52. The van der Waals surface area contributed by atoms with Crippen molar-refractivity contribution in [2.45, 2.75) is 31.4 Å². The van der Waals surface area contributed by atoms with E-state index in [4.69, 9.17) is 0 Å². The topological polar surface area (TPSA) is 38.1 Å². The van der Waals surface area contributed by atoms with Crippen LogP contribution in [-0.4, -0.2) is 20.3 Å². The van der Waals surface area contributed by atoms with Crippen molar-refractivity contribution in [3.63, 3.8) is 0 Å². The fourth-order valence-electron chi connectivity index (χ4n) is 3.51. The van der Waals surface area contributed by atoms with Crippen molar-refractivity contribution in [3.05, 3.63) is 42.4 Å². The Balaban J connectivity index is 1.90. The van der Waals surface area contributed by atoms with Gasteiger partial charge >= 0.3 is 0 Å². The summed E-state index contributed by atoms with van der Waals surface area (Å²) in [4.78, 5) is 4.26. The summed E-state index contributed by atoms with van der Waals surface area (Å²) in [5.41, 5.74) is 3.24. The smallest absolute Gasteiger partial charge is 0.0956 e. The highest BCUT2D eigenvalue weighted by molar-refractivity contribution is 5.69. The first-order chi connectivity index (χ1) is 8.68. The Morgan fingerprint density at radius 2 is 2.22 bits per heavy atom. The fraction of sp³-hybridized carbons (Fsp3) is 0.400. The van der Waals surface area contributed by atoms with E-state index in [9.17, 15) is 5.11 Å². The molecule has 0 saturated heterocycles. The third kappa shape index (κ3) is 1.15. The Hall–Kier alpha value is -1.61. The first kappa shape index (κ1) is 10.3. The van der Waals surface area contributed by atoms with Crippen LogP contribution in [0.5, 0.6) is 0 Å². The van der Waals surface area contributed by atoms with E-state index in [0.29, 0.717) is 5.92 Å². The number of aromatic nitrogens is 2. The third-order valence-electron chi connectivity index (χ3n) is 4.66. The monoisotopic (exact) mass is 240 g/mol. The number of aliphatic hydroxyl groups is 1. The van der Waals surface area contributed by atoms with Crippen molar-refractivity contribution in [2.24, 2.45) is 5.92 Å². The van der Waals surface area contributed by atoms with Gasteiger partial charge in [-0.15, -0.1) is 0 Å². The molecule has 1 aromatic carbocycles. The van der Waals surface area contributed by atoms with Gasteiger partial charge in [0.25, 0.3) is 0 Å². The van der Waals surface area contributed by atoms with Crippen molar-refractivity contribution in [1.82, 2.24) is 9.55 Å². The molecule has 1 fully saturated rings. The van der Waals surface area contributed by atoms with Gasteiger partial charge in [-0.2, -0.15) is 0 Å². The van der Waals surface area contributed by atoms with Gasteiger partial charge in [0.15, 0.2) is 0 Å². The van der Waals surface area contributed by atoms with Gasteiger partial charge in [0.05, 0.1) is 29.9 Å². The van der Waals surface area contributed by atoms with Crippen LogP contribution >= 0.6 is 0 Å². The molecule has 1 aliphatic carbocycles. The summed E-state index contributed by atoms with van der Waals surface area (Å²) in [6, 6.07) is 8.73. The predicted octanol–water partition coefficient (Wildman–Crippen LogP) is 2.61. The molecule has 18 heavy (non-hydrogen) atoms. The van der Waals surface area contributed by atoms with Crippen LogP contribution in [0.3, 0.4) is 0 Å². The zero-order valence-electron chi connectivity index (χ0n) is 10.4. The van der Waals surface area contributed by atoms with Crippen molar-refractivity contribution < 1.29 is 5.11 Å². The van der Waals surface area contributed by atoms with E-state index in [-0.39, 0.29) is 6.04 Å². The lowest BCUT2D eigenvalue weighted by molar-refractivity contribution is -0.0924. The summed E-state index contributed by atoms with van der Waals surface area (Å²) < 4.78 is 2.23. The second kappa shape index (κ2) is 3.23. The molecule has 3 nitrogen and oxygen atoms in total. The Bertz CT molecular complexity index is 614.